The zero-order valence-corrected chi connectivity index (χ0v) is 16.0. The lowest BCUT2D eigenvalue weighted by molar-refractivity contribution is -0.124. The van der Waals surface area contributed by atoms with Crippen molar-refractivity contribution >= 4 is 5.91 Å². The fourth-order valence-corrected chi connectivity index (χ4v) is 3.74. The van der Waals surface area contributed by atoms with Gasteiger partial charge in [0, 0.05) is 12.5 Å². The van der Waals surface area contributed by atoms with Crippen LogP contribution in [0, 0.1) is 11.7 Å². The summed E-state index contributed by atoms with van der Waals surface area (Å²) >= 11 is 0. The third-order valence-electron chi connectivity index (χ3n) is 5.33. The molecule has 1 saturated heterocycles. The van der Waals surface area contributed by atoms with Gasteiger partial charge in [0.15, 0.2) is 0 Å². The van der Waals surface area contributed by atoms with Crippen molar-refractivity contribution < 1.29 is 13.6 Å². The Morgan fingerprint density at radius 2 is 1.85 bits per heavy atom. The molecule has 2 atom stereocenters. The van der Waals surface area contributed by atoms with Crippen LogP contribution in [0.25, 0.3) is 0 Å². The minimum atomic E-state index is -0.255. The third kappa shape index (κ3) is 5.67. The summed E-state index contributed by atoms with van der Waals surface area (Å²) in [5.74, 6) is 0.500. The summed E-state index contributed by atoms with van der Waals surface area (Å²) in [5.41, 5.74) is 0.967. The van der Waals surface area contributed by atoms with E-state index in [0.717, 1.165) is 24.4 Å². The van der Waals surface area contributed by atoms with Gasteiger partial charge in [-0.1, -0.05) is 31.9 Å². The summed E-state index contributed by atoms with van der Waals surface area (Å²) in [5, 5.41) is 3.11. The lowest BCUT2D eigenvalue weighted by Gasteiger charge is -2.29. The predicted molar refractivity (Wildman–Crippen MR) is 104 cm³/mol. The summed E-state index contributed by atoms with van der Waals surface area (Å²) < 4.78 is 18.7. The van der Waals surface area contributed by atoms with Gasteiger partial charge >= 0.3 is 0 Å². The SMILES string of the molecule is CC(Cc1ccc(F)cc1)C(=O)NCC(c1ccco1)N1CCCCCC1. The second kappa shape index (κ2) is 9.70. The van der Waals surface area contributed by atoms with E-state index in [1.165, 1.54) is 37.8 Å². The molecule has 1 aromatic heterocycles. The minimum Gasteiger partial charge on any atom is -0.468 e. The largest absolute Gasteiger partial charge is 0.468 e. The Morgan fingerprint density at radius 1 is 1.15 bits per heavy atom. The first-order chi connectivity index (χ1) is 13.1. The topological polar surface area (TPSA) is 45.5 Å². The molecule has 0 aliphatic carbocycles. The van der Waals surface area contributed by atoms with Crippen molar-refractivity contribution in [3.05, 3.63) is 59.8 Å². The molecule has 0 spiro atoms. The van der Waals surface area contributed by atoms with E-state index in [9.17, 15) is 9.18 Å². The quantitative estimate of drug-likeness (QED) is 0.787. The summed E-state index contributed by atoms with van der Waals surface area (Å²) in [6.07, 6.45) is 7.20. The van der Waals surface area contributed by atoms with Crippen LogP contribution < -0.4 is 5.32 Å². The van der Waals surface area contributed by atoms with Crippen molar-refractivity contribution in [1.29, 1.82) is 0 Å². The van der Waals surface area contributed by atoms with Crippen molar-refractivity contribution in [3.63, 3.8) is 0 Å². The highest BCUT2D eigenvalue weighted by atomic mass is 19.1. The van der Waals surface area contributed by atoms with Gasteiger partial charge in [-0.15, -0.1) is 0 Å². The van der Waals surface area contributed by atoms with Crippen LogP contribution in [0.5, 0.6) is 0 Å². The van der Waals surface area contributed by atoms with E-state index < -0.39 is 0 Å². The van der Waals surface area contributed by atoms with Gasteiger partial charge in [-0.25, -0.2) is 4.39 Å². The number of hydrogen-bond donors (Lipinski definition) is 1. The molecule has 0 saturated carbocycles. The van der Waals surface area contributed by atoms with Crippen molar-refractivity contribution in [1.82, 2.24) is 10.2 Å². The molecular weight excluding hydrogens is 343 g/mol. The van der Waals surface area contributed by atoms with Crippen LogP contribution in [0.2, 0.25) is 0 Å². The van der Waals surface area contributed by atoms with E-state index in [2.05, 4.69) is 10.2 Å². The molecule has 1 N–H and O–H groups in total. The molecule has 1 aromatic carbocycles. The van der Waals surface area contributed by atoms with Gasteiger partial charge in [-0.2, -0.15) is 0 Å². The lowest BCUT2D eigenvalue weighted by atomic mass is 10.00. The van der Waals surface area contributed by atoms with E-state index in [4.69, 9.17) is 4.42 Å². The molecule has 0 bridgehead atoms. The van der Waals surface area contributed by atoms with E-state index in [0.29, 0.717) is 13.0 Å². The molecule has 2 unspecified atom stereocenters. The van der Waals surface area contributed by atoms with E-state index >= 15 is 0 Å². The van der Waals surface area contributed by atoms with E-state index in [-0.39, 0.29) is 23.7 Å². The maximum Gasteiger partial charge on any atom is 0.223 e. The van der Waals surface area contributed by atoms with Gasteiger partial charge in [0.1, 0.15) is 11.6 Å². The summed E-state index contributed by atoms with van der Waals surface area (Å²) in [7, 11) is 0. The van der Waals surface area contributed by atoms with Crippen molar-refractivity contribution in [3.8, 4) is 0 Å². The van der Waals surface area contributed by atoms with Gasteiger partial charge in [0.2, 0.25) is 5.91 Å². The number of amides is 1. The Morgan fingerprint density at radius 3 is 2.48 bits per heavy atom. The number of likely N-dealkylation sites (tertiary alicyclic amines) is 1. The zero-order valence-electron chi connectivity index (χ0n) is 16.0. The van der Waals surface area contributed by atoms with Crippen LogP contribution in [-0.2, 0) is 11.2 Å². The van der Waals surface area contributed by atoms with Gasteiger partial charge < -0.3 is 9.73 Å². The Kier molecular flexibility index (Phi) is 7.04. The van der Waals surface area contributed by atoms with Crippen LogP contribution in [0.1, 0.15) is 50.0 Å². The highest BCUT2D eigenvalue weighted by Crippen LogP contribution is 2.24. The van der Waals surface area contributed by atoms with Gasteiger partial charge in [0.05, 0.1) is 12.3 Å². The smallest absolute Gasteiger partial charge is 0.223 e. The predicted octanol–water partition coefficient (Wildman–Crippen LogP) is 4.33. The summed E-state index contributed by atoms with van der Waals surface area (Å²) in [6, 6.07) is 10.3. The zero-order chi connectivity index (χ0) is 19.1. The van der Waals surface area contributed by atoms with Crippen LogP contribution in [-0.4, -0.2) is 30.4 Å². The molecule has 5 heteroatoms. The monoisotopic (exact) mass is 372 g/mol. The van der Waals surface area contributed by atoms with Crippen molar-refractivity contribution in [2.75, 3.05) is 19.6 Å². The van der Waals surface area contributed by atoms with Gasteiger partial charge in [-0.3, -0.25) is 9.69 Å². The Labute approximate surface area is 160 Å². The number of rotatable bonds is 7. The first kappa shape index (κ1) is 19.6. The lowest BCUT2D eigenvalue weighted by Crippen LogP contribution is -2.40. The van der Waals surface area contributed by atoms with Crippen molar-refractivity contribution in [2.45, 2.75) is 45.1 Å². The molecule has 27 heavy (non-hydrogen) atoms. The maximum atomic E-state index is 13.0. The average Bonchev–Trinajstić information content (AvgIpc) is 3.06. The average molecular weight is 372 g/mol. The number of nitrogens with zero attached hydrogens (tertiary/aromatic N) is 1. The standard InChI is InChI=1S/C22H29FN2O2/c1-17(15-18-8-10-19(23)11-9-18)22(26)24-16-20(21-7-6-14-27-21)25-12-4-2-3-5-13-25/h6-11,14,17,20H,2-5,12-13,15-16H2,1H3,(H,24,26). The molecule has 2 heterocycles. The highest BCUT2D eigenvalue weighted by Gasteiger charge is 2.25. The summed E-state index contributed by atoms with van der Waals surface area (Å²) in [4.78, 5) is 15.0. The van der Waals surface area contributed by atoms with Crippen LogP contribution in [0.4, 0.5) is 4.39 Å². The second-order valence-electron chi connectivity index (χ2n) is 7.46. The molecule has 1 aliphatic rings. The number of carbonyl (C=O) groups is 1. The molecule has 0 radical (unpaired) electrons. The maximum absolute atomic E-state index is 13.0. The molecule has 1 fully saturated rings. The second-order valence-corrected chi connectivity index (χ2v) is 7.46. The van der Waals surface area contributed by atoms with E-state index in [1.54, 1.807) is 18.4 Å². The molecule has 1 amide bonds. The molecule has 1 aliphatic heterocycles. The number of benzene rings is 1. The van der Waals surface area contributed by atoms with E-state index in [1.807, 2.05) is 19.1 Å². The number of hydrogen-bond acceptors (Lipinski definition) is 3. The molecule has 4 nitrogen and oxygen atoms in total. The fourth-order valence-electron chi connectivity index (χ4n) is 3.74. The molecule has 3 rings (SSSR count). The number of furan rings is 1. The normalized spacial score (nSPS) is 17.9. The Bertz CT molecular complexity index is 692. The van der Waals surface area contributed by atoms with Crippen LogP contribution in [0.3, 0.4) is 0 Å². The number of nitrogens with one attached hydrogen (secondary N) is 1. The molecule has 2 aromatic rings. The first-order valence-corrected chi connectivity index (χ1v) is 9.93. The highest BCUT2D eigenvalue weighted by molar-refractivity contribution is 5.78. The number of halogens is 1. The summed E-state index contributed by atoms with van der Waals surface area (Å²) in [6.45, 7) is 4.52. The van der Waals surface area contributed by atoms with Crippen molar-refractivity contribution in [2.24, 2.45) is 5.92 Å². The third-order valence-corrected chi connectivity index (χ3v) is 5.33. The van der Waals surface area contributed by atoms with Crippen LogP contribution in [0.15, 0.2) is 47.1 Å². The van der Waals surface area contributed by atoms with Crippen LogP contribution >= 0.6 is 0 Å². The first-order valence-electron chi connectivity index (χ1n) is 9.93. The Hall–Kier alpha value is -2.14. The van der Waals surface area contributed by atoms with Gasteiger partial charge in [0.25, 0.3) is 0 Å². The molecule has 146 valence electrons. The van der Waals surface area contributed by atoms with Gasteiger partial charge in [-0.05, 0) is 62.2 Å². The molecular formula is C22H29FN2O2. The Balaban J connectivity index is 1.58. The number of carbonyl (C=O) groups excluding carboxylic acids is 1. The minimum absolute atomic E-state index is 0.0192. The fraction of sp³-hybridized carbons (Fsp3) is 0.500.